The Morgan fingerprint density at radius 2 is 1.60 bits per heavy atom. The van der Waals surface area contributed by atoms with E-state index in [4.69, 9.17) is 10.5 Å². The standard InChI is InChI=1S/C14H19N3O3/c1-10(18)16-11-2-4-12(5-3-11)17-13(19)14(15)6-8-20-9-7-14/h2-5H,6-9,15H2,1H3,(H,16,18)(H,17,19). The van der Waals surface area contributed by atoms with E-state index in [1.54, 1.807) is 24.3 Å². The molecule has 1 aliphatic rings. The summed E-state index contributed by atoms with van der Waals surface area (Å²) in [7, 11) is 0. The van der Waals surface area contributed by atoms with E-state index in [2.05, 4.69) is 10.6 Å². The Kier molecular flexibility index (Phi) is 4.36. The predicted molar refractivity (Wildman–Crippen MR) is 76.3 cm³/mol. The van der Waals surface area contributed by atoms with Crippen molar-refractivity contribution < 1.29 is 14.3 Å². The zero-order chi connectivity index (χ0) is 14.6. The van der Waals surface area contributed by atoms with Gasteiger partial charge in [-0.15, -0.1) is 0 Å². The molecule has 2 amide bonds. The lowest BCUT2D eigenvalue weighted by Gasteiger charge is -2.31. The smallest absolute Gasteiger partial charge is 0.244 e. The number of anilines is 2. The molecule has 0 aromatic heterocycles. The molecule has 4 N–H and O–H groups in total. The summed E-state index contributed by atoms with van der Waals surface area (Å²) in [5.41, 5.74) is 6.57. The van der Waals surface area contributed by atoms with Crippen LogP contribution in [0.2, 0.25) is 0 Å². The summed E-state index contributed by atoms with van der Waals surface area (Å²) >= 11 is 0. The first-order valence-corrected chi connectivity index (χ1v) is 6.55. The number of hydrogen-bond acceptors (Lipinski definition) is 4. The second kappa shape index (κ2) is 6.02. The van der Waals surface area contributed by atoms with Gasteiger partial charge in [0.1, 0.15) is 5.54 Å². The lowest BCUT2D eigenvalue weighted by molar-refractivity contribution is -0.124. The molecule has 0 radical (unpaired) electrons. The molecule has 1 fully saturated rings. The highest BCUT2D eigenvalue weighted by molar-refractivity contribution is 5.98. The van der Waals surface area contributed by atoms with Gasteiger partial charge in [0.15, 0.2) is 0 Å². The van der Waals surface area contributed by atoms with Gasteiger partial charge >= 0.3 is 0 Å². The third-order valence-corrected chi connectivity index (χ3v) is 3.30. The van der Waals surface area contributed by atoms with Crippen LogP contribution in [0.4, 0.5) is 11.4 Å². The fourth-order valence-electron chi connectivity index (χ4n) is 2.06. The Balaban J connectivity index is 1.98. The molecule has 108 valence electrons. The Morgan fingerprint density at radius 3 is 2.10 bits per heavy atom. The van der Waals surface area contributed by atoms with Crippen LogP contribution in [0.15, 0.2) is 24.3 Å². The van der Waals surface area contributed by atoms with E-state index in [0.717, 1.165) is 0 Å². The molecular formula is C14H19N3O3. The molecule has 1 aromatic carbocycles. The minimum absolute atomic E-state index is 0.134. The molecule has 6 heteroatoms. The molecule has 20 heavy (non-hydrogen) atoms. The fraction of sp³-hybridized carbons (Fsp3) is 0.429. The molecule has 1 aliphatic heterocycles. The van der Waals surface area contributed by atoms with Gasteiger partial charge in [-0.3, -0.25) is 9.59 Å². The van der Waals surface area contributed by atoms with Gasteiger partial charge in [-0.25, -0.2) is 0 Å². The quantitative estimate of drug-likeness (QED) is 0.771. The van der Waals surface area contributed by atoms with Crippen LogP contribution in [0.1, 0.15) is 19.8 Å². The number of benzene rings is 1. The molecule has 0 atom stereocenters. The zero-order valence-electron chi connectivity index (χ0n) is 11.4. The van der Waals surface area contributed by atoms with Gasteiger partial charge < -0.3 is 21.1 Å². The van der Waals surface area contributed by atoms with E-state index in [1.807, 2.05) is 0 Å². The Labute approximate surface area is 117 Å². The van der Waals surface area contributed by atoms with Crippen LogP contribution in [0, 0.1) is 0 Å². The van der Waals surface area contributed by atoms with Crippen molar-refractivity contribution in [3.63, 3.8) is 0 Å². The minimum Gasteiger partial charge on any atom is -0.381 e. The van der Waals surface area contributed by atoms with E-state index in [1.165, 1.54) is 6.92 Å². The second-order valence-electron chi connectivity index (χ2n) is 4.98. The van der Waals surface area contributed by atoms with E-state index in [9.17, 15) is 9.59 Å². The number of nitrogens with two attached hydrogens (primary N) is 1. The van der Waals surface area contributed by atoms with Crippen molar-refractivity contribution in [3.05, 3.63) is 24.3 Å². The molecule has 0 unspecified atom stereocenters. The van der Waals surface area contributed by atoms with Gasteiger partial charge in [-0.05, 0) is 37.1 Å². The number of nitrogens with one attached hydrogen (secondary N) is 2. The van der Waals surface area contributed by atoms with Crippen molar-refractivity contribution in [3.8, 4) is 0 Å². The van der Waals surface area contributed by atoms with E-state index < -0.39 is 5.54 Å². The highest BCUT2D eigenvalue weighted by atomic mass is 16.5. The van der Waals surface area contributed by atoms with Crippen molar-refractivity contribution in [2.24, 2.45) is 5.73 Å². The molecule has 0 aliphatic carbocycles. The van der Waals surface area contributed by atoms with Gasteiger partial charge in [0.25, 0.3) is 0 Å². The third kappa shape index (κ3) is 3.55. The summed E-state index contributed by atoms with van der Waals surface area (Å²) in [6, 6.07) is 6.91. The molecule has 0 saturated carbocycles. The van der Waals surface area contributed by atoms with Crippen molar-refractivity contribution in [2.45, 2.75) is 25.3 Å². The zero-order valence-corrected chi connectivity index (χ0v) is 11.4. The van der Waals surface area contributed by atoms with Crippen molar-refractivity contribution in [1.82, 2.24) is 0 Å². The molecule has 1 saturated heterocycles. The summed E-state index contributed by atoms with van der Waals surface area (Å²) in [4.78, 5) is 23.1. The van der Waals surface area contributed by atoms with Gasteiger partial charge in [0, 0.05) is 31.5 Å². The maximum Gasteiger partial charge on any atom is 0.244 e. The predicted octanol–water partition coefficient (Wildman–Crippen LogP) is 1.09. The summed E-state index contributed by atoms with van der Waals surface area (Å²) < 4.78 is 5.22. The van der Waals surface area contributed by atoms with Gasteiger partial charge in [0.05, 0.1) is 0 Å². The van der Waals surface area contributed by atoms with Crippen molar-refractivity contribution in [2.75, 3.05) is 23.8 Å². The fourth-order valence-corrected chi connectivity index (χ4v) is 2.06. The summed E-state index contributed by atoms with van der Waals surface area (Å²) in [6.45, 7) is 2.45. The van der Waals surface area contributed by atoms with Crippen LogP contribution in [0.5, 0.6) is 0 Å². The molecule has 0 spiro atoms. The molecule has 6 nitrogen and oxygen atoms in total. The number of carbonyl (C=O) groups is 2. The largest absolute Gasteiger partial charge is 0.381 e. The Bertz CT molecular complexity index is 493. The van der Waals surface area contributed by atoms with Crippen LogP contribution < -0.4 is 16.4 Å². The first kappa shape index (κ1) is 14.5. The van der Waals surface area contributed by atoms with Crippen LogP contribution in [-0.2, 0) is 14.3 Å². The first-order valence-electron chi connectivity index (χ1n) is 6.55. The van der Waals surface area contributed by atoms with Crippen molar-refractivity contribution >= 4 is 23.2 Å². The number of carbonyl (C=O) groups excluding carboxylic acids is 2. The monoisotopic (exact) mass is 277 g/mol. The van der Waals surface area contributed by atoms with E-state index >= 15 is 0 Å². The first-order chi connectivity index (χ1) is 9.49. The lowest BCUT2D eigenvalue weighted by Crippen LogP contribution is -2.54. The van der Waals surface area contributed by atoms with E-state index in [-0.39, 0.29) is 11.8 Å². The third-order valence-electron chi connectivity index (χ3n) is 3.30. The summed E-state index contributed by atoms with van der Waals surface area (Å²) in [6.07, 6.45) is 1.03. The topological polar surface area (TPSA) is 93.5 Å². The Morgan fingerprint density at radius 1 is 1.10 bits per heavy atom. The van der Waals surface area contributed by atoms with Gasteiger partial charge in [0.2, 0.25) is 11.8 Å². The number of hydrogen-bond donors (Lipinski definition) is 3. The number of ether oxygens (including phenoxy) is 1. The maximum atomic E-state index is 12.2. The number of rotatable bonds is 3. The van der Waals surface area contributed by atoms with Crippen molar-refractivity contribution in [1.29, 1.82) is 0 Å². The van der Waals surface area contributed by atoms with Crippen LogP contribution in [0.25, 0.3) is 0 Å². The number of amides is 2. The molecule has 1 aromatic rings. The van der Waals surface area contributed by atoms with Gasteiger partial charge in [-0.1, -0.05) is 0 Å². The van der Waals surface area contributed by atoms with Gasteiger partial charge in [-0.2, -0.15) is 0 Å². The second-order valence-corrected chi connectivity index (χ2v) is 4.98. The highest BCUT2D eigenvalue weighted by Crippen LogP contribution is 2.21. The normalized spacial score (nSPS) is 17.3. The Hall–Kier alpha value is -1.92. The molecule has 0 bridgehead atoms. The van der Waals surface area contributed by atoms with E-state index in [0.29, 0.717) is 37.4 Å². The van der Waals surface area contributed by atoms with Crippen LogP contribution in [-0.4, -0.2) is 30.6 Å². The molecule has 1 heterocycles. The highest BCUT2D eigenvalue weighted by Gasteiger charge is 2.35. The summed E-state index contributed by atoms with van der Waals surface area (Å²) in [5, 5.41) is 5.46. The SMILES string of the molecule is CC(=O)Nc1ccc(NC(=O)C2(N)CCOCC2)cc1. The van der Waals surface area contributed by atoms with Crippen LogP contribution in [0.3, 0.4) is 0 Å². The summed E-state index contributed by atoms with van der Waals surface area (Å²) in [5.74, 6) is -0.335. The molecule has 2 rings (SSSR count). The van der Waals surface area contributed by atoms with Crippen LogP contribution >= 0.6 is 0 Å². The minimum atomic E-state index is -0.867. The average molecular weight is 277 g/mol. The lowest BCUT2D eigenvalue weighted by atomic mass is 9.90. The average Bonchev–Trinajstić information content (AvgIpc) is 2.41. The maximum absolute atomic E-state index is 12.2. The molecular weight excluding hydrogens is 258 g/mol.